The molecule has 0 aliphatic carbocycles. The van der Waals surface area contributed by atoms with Crippen molar-refractivity contribution >= 4 is 31.6 Å². The number of nitro benzene ring substituents is 1. The van der Waals surface area contributed by atoms with Gasteiger partial charge in [0, 0.05) is 24.0 Å². The van der Waals surface area contributed by atoms with E-state index in [-0.39, 0.29) is 18.0 Å². The fourth-order valence-corrected chi connectivity index (χ4v) is 4.67. The first-order valence-electron chi connectivity index (χ1n) is 8.49. The van der Waals surface area contributed by atoms with Crippen molar-refractivity contribution in [3.63, 3.8) is 0 Å². The van der Waals surface area contributed by atoms with Gasteiger partial charge in [0.05, 0.1) is 17.2 Å². The van der Waals surface area contributed by atoms with Crippen molar-refractivity contribution in [1.29, 1.82) is 0 Å². The van der Waals surface area contributed by atoms with Gasteiger partial charge in [0.15, 0.2) is 4.90 Å². The molecule has 0 aliphatic heterocycles. The Balaban J connectivity index is 2.39. The molecule has 1 heterocycles. The smallest absolute Gasteiger partial charge is 0.289 e. The Morgan fingerprint density at radius 3 is 2.46 bits per heavy atom. The van der Waals surface area contributed by atoms with Crippen molar-refractivity contribution in [2.45, 2.75) is 37.8 Å². The lowest BCUT2D eigenvalue weighted by Gasteiger charge is -2.23. The number of hydrogen-bond acceptors (Lipinski definition) is 6. The number of benzene rings is 1. The fraction of sp³-hybridized carbons (Fsp3) is 0.389. The van der Waals surface area contributed by atoms with Crippen LogP contribution in [0.4, 0.5) is 5.69 Å². The number of aromatic nitrogens is 1. The van der Waals surface area contributed by atoms with Crippen molar-refractivity contribution in [2.75, 3.05) is 11.9 Å². The van der Waals surface area contributed by atoms with Gasteiger partial charge in [0.25, 0.3) is 5.69 Å². The molecule has 0 N–H and O–H groups in total. The molecule has 8 nitrogen and oxygen atoms in total. The summed E-state index contributed by atoms with van der Waals surface area (Å²) in [6.45, 7) is 5.74. The summed E-state index contributed by atoms with van der Waals surface area (Å²) in [6.07, 6.45) is 0. The zero-order valence-corrected chi connectivity index (χ0v) is 18.2. The number of sulfonamides is 1. The van der Waals surface area contributed by atoms with Crippen LogP contribution in [0.15, 0.2) is 47.4 Å². The number of rotatable bonds is 8. The van der Waals surface area contributed by atoms with Gasteiger partial charge >= 0.3 is 0 Å². The summed E-state index contributed by atoms with van der Waals surface area (Å²) < 4.78 is 33.1. The normalized spacial score (nSPS) is 12.2. The quantitative estimate of drug-likeness (QED) is 0.329. The number of halogens is 1. The zero-order valence-electron chi connectivity index (χ0n) is 15.8. The number of nitrogens with zero attached hydrogens (tertiary/aromatic N) is 3. The molecule has 0 aliphatic rings. The van der Waals surface area contributed by atoms with Crippen LogP contribution in [-0.2, 0) is 16.6 Å². The molecule has 28 heavy (non-hydrogen) atoms. The Morgan fingerprint density at radius 2 is 1.86 bits per heavy atom. The second-order valence-electron chi connectivity index (χ2n) is 6.93. The van der Waals surface area contributed by atoms with Crippen LogP contribution in [0.3, 0.4) is 0 Å². The van der Waals surface area contributed by atoms with Gasteiger partial charge in [-0.3, -0.25) is 10.1 Å². The van der Waals surface area contributed by atoms with Crippen LogP contribution in [0.25, 0.3) is 0 Å². The molecule has 0 radical (unpaired) electrons. The minimum Gasteiger partial charge on any atom is -0.472 e. The molecule has 0 unspecified atom stereocenters. The summed E-state index contributed by atoms with van der Waals surface area (Å²) in [5.41, 5.74) is -0.428. The third kappa shape index (κ3) is 5.73. The summed E-state index contributed by atoms with van der Waals surface area (Å²) in [5.74, 6) is 0.381. The molecule has 1 aromatic carbocycles. The molecule has 0 atom stereocenters. The summed E-state index contributed by atoms with van der Waals surface area (Å²) in [6, 6.07) is 10.4. The topological polar surface area (TPSA) is 103 Å². The minimum absolute atomic E-state index is 0.0404. The van der Waals surface area contributed by atoms with Crippen LogP contribution >= 0.6 is 15.9 Å². The van der Waals surface area contributed by atoms with E-state index in [1.807, 2.05) is 20.8 Å². The number of para-hydroxylation sites is 1. The van der Waals surface area contributed by atoms with Crippen molar-refractivity contribution < 1.29 is 18.1 Å². The van der Waals surface area contributed by atoms with Gasteiger partial charge < -0.3 is 4.74 Å². The highest BCUT2D eigenvalue weighted by molar-refractivity contribution is 9.09. The molecule has 152 valence electrons. The van der Waals surface area contributed by atoms with Crippen LogP contribution in [0.5, 0.6) is 5.88 Å². The van der Waals surface area contributed by atoms with Crippen LogP contribution < -0.4 is 4.74 Å². The predicted octanol–water partition coefficient (Wildman–Crippen LogP) is 3.75. The first kappa shape index (κ1) is 22.3. The Hall–Kier alpha value is -2.04. The molecule has 0 bridgehead atoms. The monoisotopic (exact) mass is 471 g/mol. The second kappa shape index (κ2) is 8.97. The van der Waals surface area contributed by atoms with E-state index in [9.17, 15) is 18.5 Å². The van der Waals surface area contributed by atoms with Crippen LogP contribution in [0, 0.1) is 10.1 Å². The largest absolute Gasteiger partial charge is 0.472 e. The van der Waals surface area contributed by atoms with Gasteiger partial charge in [-0.25, -0.2) is 13.4 Å². The number of ether oxygens (including phenoxy) is 1. The fourth-order valence-electron chi connectivity index (χ4n) is 2.44. The third-order valence-electron chi connectivity index (χ3n) is 3.54. The molecule has 2 rings (SSSR count). The van der Waals surface area contributed by atoms with E-state index < -0.39 is 26.2 Å². The maximum Gasteiger partial charge on any atom is 0.289 e. The van der Waals surface area contributed by atoms with E-state index in [1.54, 1.807) is 18.2 Å². The molecule has 0 spiro atoms. The van der Waals surface area contributed by atoms with Crippen molar-refractivity contribution in [3.8, 4) is 5.88 Å². The number of nitro groups is 1. The van der Waals surface area contributed by atoms with Crippen molar-refractivity contribution in [3.05, 3.63) is 58.3 Å². The van der Waals surface area contributed by atoms with Crippen molar-refractivity contribution in [1.82, 2.24) is 9.29 Å². The van der Waals surface area contributed by atoms with Gasteiger partial charge in [0.2, 0.25) is 15.9 Å². The zero-order chi connectivity index (χ0) is 20.9. The number of hydrogen-bond donors (Lipinski definition) is 0. The molecule has 2 aromatic rings. The predicted molar refractivity (Wildman–Crippen MR) is 109 cm³/mol. The minimum atomic E-state index is -4.10. The lowest BCUT2D eigenvalue weighted by atomic mass is 10.2. The maximum absolute atomic E-state index is 13.1. The van der Waals surface area contributed by atoms with E-state index in [4.69, 9.17) is 4.74 Å². The Kier molecular flexibility index (Phi) is 7.13. The van der Waals surface area contributed by atoms with E-state index in [0.29, 0.717) is 16.9 Å². The Bertz CT molecular complexity index is 944. The van der Waals surface area contributed by atoms with E-state index >= 15 is 0 Å². The number of pyridine rings is 1. The Morgan fingerprint density at radius 1 is 1.18 bits per heavy atom. The molecule has 0 saturated heterocycles. The lowest BCUT2D eigenvalue weighted by molar-refractivity contribution is -0.387. The van der Waals surface area contributed by atoms with Gasteiger partial charge in [-0.1, -0.05) is 34.1 Å². The van der Waals surface area contributed by atoms with E-state index in [2.05, 4.69) is 20.9 Å². The van der Waals surface area contributed by atoms with Crippen LogP contribution in [0.2, 0.25) is 0 Å². The third-order valence-corrected chi connectivity index (χ3v) is 5.79. The highest BCUT2D eigenvalue weighted by Gasteiger charge is 2.31. The maximum atomic E-state index is 13.1. The molecule has 1 aromatic heterocycles. The molecule has 0 fully saturated rings. The van der Waals surface area contributed by atoms with Crippen molar-refractivity contribution in [2.24, 2.45) is 0 Å². The SMILES string of the molecule is CC(C)(C)Oc1cccc(CN(CCBr)S(=O)(=O)c2ccccc2[N+](=O)[O-])n1. The highest BCUT2D eigenvalue weighted by atomic mass is 79.9. The van der Waals surface area contributed by atoms with Gasteiger partial charge in [-0.15, -0.1) is 0 Å². The van der Waals surface area contributed by atoms with E-state index in [1.165, 1.54) is 24.3 Å². The van der Waals surface area contributed by atoms with Gasteiger partial charge in [-0.05, 0) is 32.9 Å². The van der Waals surface area contributed by atoms with Crippen LogP contribution in [0.1, 0.15) is 26.5 Å². The average Bonchev–Trinajstić information content (AvgIpc) is 2.60. The summed E-state index contributed by atoms with van der Waals surface area (Å²) in [4.78, 5) is 14.6. The van der Waals surface area contributed by atoms with E-state index in [0.717, 1.165) is 4.31 Å². The molecule has 0 amide bonds. The Labute approximate surface area is 172 Å². The standard InChI is InChI=1S/C18H22BrN3O5S/c1-18(2,3)27-17-10-6-7-14(20-17)13-21(12-11-19)28(25,26)16-9-5-4-8-15(16)22(23)24/h4-10H,11-13H2,1-3H3. The average molecular weight is 472 g/mol. The van der Waals surface area contributed by atoms with Gasteiger partial charge in [0.1, 0.15) is 5.60 Å². The van der Waals surface area contributed by atoms with Crippen LogP contribution in [-0.4, -0.2) is 40.1 Å². The lowest BCUT2D eigenvalue weighted by Crippen LogP contribution is -2.33. The number of alkyl halides is 1. The summed E-state index contributed by atoms with van der Waals surface area (Å²) >= 11 is 3.25. The van der Waals surface area contributed by atoms with Gasteiger partial charge in [-0.2, -0.15) is 4.31 Å². The molecular formula is C18H22BrN3O5S. The second-order valence-corrected chi connectivity index (χ2v) is 9.63. The molecular weight excluding hydrogens is 450 g/mol. The molecule has 10 heteroatoms. The molecule has 0 saturated carbocycles. The first-order chi connectivity index (χ1) is 13.0. The summed E-state index contributed by atoms with van der Waals surface area (Å²) in [7, 11) is -4.10. The highest BCUT2D eigenvalue weighted by Crippen LogP contribution is 2.27. The summed E-state index contributed by atoms with van der Waals surface area (Å²) in [5, 5.41) is 11.6. The first-order valence-corrected chi connectivity index (χ1v) is 11.1.